The van der Waals surface area contributed by atoms with Gasteiger partial charge in [-0.05, 0) is 39.2 Å². The average Bonchev–Trinajstić information content (AvgIpc) is 2.70. The van der Waals surface area contributed by atoms with E-state index in [1.54, 1.807) is 0 Å². The average molecular weight is 217 g/mol. The molecule has 0 aliphatic heterocycles. The highest BCUT2D eigenvalue weighted by Gasteiger charge is 2.25. The molecule has 0 unspecified atom stereocenters. The van der Waals surface area contributed by atoms with Gasteiger partial charge in [-0.2, -0.15) is 0 Å². The summed E-state index contributed by atoms with van der Waals surface area (Å²) >= 11 is 0. The van der Waals surface area contributed by atoms with E-state index in [0.717, 1.165) is 6.04 Å². The third kappa shape index (κ3) is 2.65. The third-order valence-corrected chi connectivity index (χ3v) is 3.66. The fourth-order valence-electron chi connectivity index (χ4n) is 2.70. The van der Waals surface area contributed by atoms with Crippen molar-refractivity contribution in [2.24, 2.45) is 0 Å². The Hall–Kier alpha value is -0.820. The highest BCUT2D eigenvalue weighted by Crippen LogP contribution is 2.26. The molecular weight excluding hydrogens is 194 g/mol. The van der Waals surface area contributed by atoms with Gasteiger partial charge >= 0.3 is 0 Å². The summed E-state index contributed by atoms with van der Waals surface area (Å²) in [6.45, 7) is 6.75. The first-order chi connectivity index (χ1) is 7.58. The number of hydrogen-bond acceptors (Lipinski definition) is 1. The molecule has 0 aromatic heterocycles. The van der Waals surface area contributed by atoms with Gasteiger partial charge in [-0.15, -0.1) is 0 Å². The molecular formula is C15H23N. The summed E-state index contributed by atoms with van der Waals surface area (Å²) in [6, 6.07) is 9.56. The van der Waals surface area contributed by atoms with Crippen LogP contribution < -0.4 is 5.32 Å². The molecule has 0 bridgehead atoms. The molecule has 0 heterocycles. The molecule has 16 heavy (non-hydrogen) atoms. The van der Waals surface area contributed by atoms with Crippen molar-refractivity contribution in [3.8, 4) is 0 Å². The maximum absolute atomic E-state index is 3.80. The molecule has 0 radical (unpaired) electrons. The van der Waals surface area contributed by atoms with Gasteiger partial charge in [0.05, 0.1) is 0 Å². The van der Waals surface area contributed by atoms with Crippen molar-refractivity contribution in [2.45, 2.75) is 58.0 Å². The first-order valence-corrected chi connectivity index (χ1v) is 6.43. The molecule has 1 N–H and O–H groups in total. The summed E-state index contributed by atoms with van der Waals surface area (Å²) in [4.78, 5) is 0. The monoisotopic (exact) mass is 217 g/mol. The molecule has 1 fully saturated rings. The molecule has 0 amide bonds. The predicted octanol–water partition coefficient (Wildman–Crippen LogP) is 3.76. The molecule has 88 valence electrons. The zero-order valence-corrected chi connectivity index (χ0v) is 10.7. The lowest BCUT2D eigenvalue weighted by molar-refractivity contribution is 0.342. The lowest BCUT2D eigenvalue weighted by Crippen LogP contribution is -2.42. The van der Waals surface area contributed by atoms with Crippen molar-refractivity contribution in [1.82, 2.24) is 5.32 Å². The van der Waals surface area contributed by atoms with E-state index >= 15 is 0 Å². The second-order valence-electron chi connectivity index (χ2n) is 5.62. The maximum atomic E-state index is 3.80. The second-order valence-corrected chi connectivity index (χ2v) is 5.62. The minimum atomic E-state index is 0.0982. The Morgan fingerprint density at radius 3 is 2.50 bits per heavy atom. The normalized spacial score (nSPS) is 17.9. The van der Waals surface area contributed by atoms with E-state index in [2.05, 4.69) is 50.4 Å². The SMILES string of the molecule is Cc1cccc(C(C)(C)NC2CCCC2)c1. The Morgan fingerprint density at radius 1 is 1.19 bits per heavy atom. The van der Waals surface area contributed by atoms with Crippen molar-refractivity contribution >= 4 is 0 Å². The van der Waals surface area contributed by atoms with E-state index in [0.29, 0.717) is 0 Å². The Balaban J connectivity index is 2.10. The first kappa shape index (κ1) is 11.7. The highest BCUT2D eigenvalue weighted by atomic mass is 15.0. The van der Waals surface area contributed by atoms with Crippen LogP contribution in [0.15, 0.2) is 24.3 Å². The molecule has 1 aromatic rings. The Labute approximate surface area is 99.3 Å². The standard InChI is InChI=1S/C15H23N/c1-12-7-6-8-13(11-12)15(2,3)16-14-9-4-5-10-14/h6-8,11,14,16H,4-5,9-10H2,1-3H3. The van der Waals surface area contributed by atoms with E-state index in [4.69, 9.17) is 0 Å². The van der Waals surface area contributed by atoms with Crippen LogP contribution in [0, 0.1) is 6.92 Å². The van der Waals surface area contributed by atoms with Gasteiger partial charge in [-0.25, -0.2) is 0 Å². The molecule has 1 heteroatoms. The summed E-state index contributed by atoms with van der Waals surface area (Å²) in [5.41, 5.74) is 2.85. The van der Waals surface area contributed by atoms with Gasteiger partial charge in [-0.1, -0.05) is 42.7 Å². The summed E-state index contributed by atoms with van der Waals surface area (Å²) in [6.07, 6.45) is 5.47. The summed E-state index contributed by atoms with van der Waals surface area (Å²) in [5.74, 6) is 0. The fraction of sp³-hybridized carbons (Fsp3) is 0.600. The van der Waals surface area contributed by atoms with Crippen LogP contribution in [0.2, 0.25) is 0 Å². The lowest BCUT2D eigenvalue weighted by atomic mass is 9.92. The van der Waals surface area contributed by atoms with Crippen LogP contribution in [0.1, 0.15) is 50.7 Å². The van der Waals surface area contributed by atoms with E-state index in [1.807, 2.05) is 0 Å². The van der Waals surface area contributed by atoms with Crippen LogP contribution in [0.4, 0.5) is 0 Å². The molecule has 1 aliphatic rings. The van der Waals surface area contributed by atoms with Gasteiger partial charge in [0, 0.05) is 11.6 Å². The van der Waals surface area contributed by atoms with Gasteiger partial charge < -0.3 is 5.32 Å². The number of benzene rings is 1. The first-order valence-electron chi connectivity index (χ1n) is 6.43. The minimum Gasteiger partial charge on any atom is -0.305 e. The van der Waals surface area contributed by atoms with Crippen molar-refractivity contribution < 1.29 is 0 Å². The van der Waals surface area contributed by atoms with Crippen LogP contribution >= 0.6 is 0 Å². The Kier molecular flexibility index (Phi) is 3.34. The third-order valence-electron chi connectivity index (χ3n) is 3.66. The van der Waals surface area contributed by atoms with Crippen LogP contribution in [0.3, 0.4) is 0 Å². The number of hydrogen-bond donors (Lipinski definition) is 1. The van der Waals surface area contributed by atoms with E-state index in [9.17, 15) is 0 Å². The van der Waals surface area contributed by atoms with Crippen LogP contribution in [0.5, 0.6) is 0 Å². The molecule has 1 nitrogen and oxygen atoms in total. The van der Waals surface area contributed by atoms with Gasteiger partial charge in [0.15, 0.2) is 0 Å². The Morgan fingerprint density at radius 2 is 1.88 bits per heavy atom. The molecule has 1 aliphatic carbocycles. The Bertz CT molecular complexity index is 348. The topological polar surface area (TPSA) is 12.0 Å². The quantitative estimate of drug-likeness (QED) is 0.813. The molecule has 1 aromatic carbocycles. The van der Waals surface area contributed by atoms with Crippen molar-refractivity contribution in [1.29, 1.82) is 0 Å². The molecule has 1 saturated carbocycles. The predicted molar refractivity (Wildman–Crippen MR) is 69.6 cm³/mol. The van der Waals surface area contributed by atoms with E-state index in [-0.39, 0.29) is 5.54 Å². The van der Waals surface area contributed by atoms with Gasteiger partial charge in [0.2, 0.25) is 0 Å². The number of nitrogens with one attached hydrogen (secondary N) is 1. The van der Waals surface area contributed by atoms with Crippen molar-refractivity contribution in [2.75, 3.05) is 0 Å². The second kappa shape index (κ2) is 4.58. The van der Waals surface area contributed by atoms with Gasteiger partial charge in [0.1, 0.15) is 0 Å². The van der Waals surface area contributed by atoms with Gasteiger partial charge in [-0.3, -0.25) is 0 Å². The van der Waals surface area contributed by atoms with Gasteiger partial charge in [0.25, 0.3) is 0 Å². The summed E-state index contributed by atoms with van der Waals surface area (Å²) < 4.78 is 0. The smallest absolute Gasteiger partial charge is 0.0379 e. The zero-order chi connectivity index (χ0) is 11.6. The van der Waals surface area contributed by atoms with Crippen LogP contribution in [-0.4, -0.2) is 6.04 Å². The molecule has 2 rings (SSSR count). The molecule has 0 spiro atoms. The van der Waals surface area contributed by atoms with E-state index < -0.39 is 0 Å². The lowest BCUT2D eigenvalue weighted by Gasteiger charge is -2.31. The van der Waals surface area contributed by atoms with Crippen LogP contribution in [-0.2, 0) is 5.54 Å². The minimum absolute atomic E-state index is 0.0982. The molecule has 0 saturated heterocycles. The number of aryl methyl sites for hydroxylation is 1. The van der Waals surface area contributed by atoms with Crippen LogP contribution in [0.25, 0.3) is 0 Å². The van der Waals surface area contributed by atoms with Crippen molar-refractivity contribution in [3.05, 3.63) is 35.4 Å². The van der Waals surface area contributed by atoms with Crippen molar-refractivity contribution in [3.63, 3.8) is 0 Å². The summed E-state index contributed by atoms with van der Waals surface area (Å²) in [7, 11) is 0. The number of rotatable bonds is 3. The summed E-state index contributed by atoms with van der Waals surface area (Å²) in [5, 5.41) is 3.80. The largest absolute Gasteiger partial charge is 0.305 e. The molecule has 0 atom stereocenters. The fourth-order valence-corrected chi connectivity index (χ4v) is 2.70. The highest BCUT2D eigenvalue weighted by molar-refractivity contribution is 5.28. The maximum Gasteiger partial charge on any atom is 0.0379 e. The zero-order valence-electron chi connectivity index (χ0n) is 10.7. The van der Waals surface area contributed by atoms with E-state index in [1.165, 1.54) is 36.8 Å².